The monoisotopic (exact) mass is 300 g/mol. The summed E-state index contributed by atoms with van der Waals surface area (Å²) in [6.07, 6.45) is 1.00. The Kier molecular flexibility index (Phi) is 2.99. The molecule has 0 amide bonds. The number of thiazole rings is 1. The summed E-state index contributed by atoms with van der Waals surface area (Å²) in [5.41, 5.74) is 3.86. The lowest BCUT2D eigenvalue weighted by molar-refractivity contribution is 0.497. The molecule has 1 atom stereocenters. The second-order valence-corrected chi connectivity index (χ2v) is 6.57. The number of halogens is 1. The van der Waals surface area contributed by atoms with Gasteiger partial charge in [-0.15, -0.1) is 11.3 Å². The first-order valence-electron chi connectivity index (χ1n) is 6.66. The van der Waals surface area contributed by atoms with Gasteiger partial charge in [-0.2, -0.15) is 0 Å². The summed E-state index contributed by atoms with van der Waals surface area (Å²) < 4.78 is 1.16. The number of hydrogen-bond donors (Lipinski definition) is 1. The first kappa shape index (κ1) is 12.3. The Balaban J connectivity index is 1.70. The van der Waals surface area contributed by atoms with E-state index in [0.29, 0.717) is 6.04 Å². The van der Waals surface area contributed by atoms with Crippen LogP contribution in [0, 0.1) is 0 Å². The first-order valence-corrected chi connectivity index (χ1v) is 7.85. The van der Waals surface area contributed by atoms with Gasteiger partial charge in [0.1, 0.15) is 5.01 Å². The van der Waals surface area contributed by atoms with Gasteiger partial charge in [-0.05, 0) is 35.7 Å². The van der Waals surface area contributed by atoms with Crippen LogP contribution in [0.2, 0.25) is 5.02 Å². The van der Waals surface area contributed by atoms with Gasteiger partial charge >= 0.3 is 0 Å². The molecule has 1 N–H and O–H groups in total. The van der Waals surface area contributed by atoms with Gasteiger partial charge in [-0.1, -0.05) is 35.9 Å². The lowest BCUT2D eigenvalue weighted by Gasteiger charge is -2.24. The maximum Gasteiger partial charge on any atom is 0.111 e. The molecule has 20 heavy (non-hydrogen) atoms. The van der Waals surface area contributed by atoms with E-state index in [1.54, 1.807) is 11.3 Å². The molecule has 1 aliphatic rings. The van der Waals surface area contributed by atoms with Crippen molar-refractivity contribution in [2.45, 2.75) is 19.0 Å². The normalized spacial score (nSPS) is 18.1. The summed E-state index contributed by atoms with van der Waals surface area (Å²) in [6.45, 7) is 0.914. The molecule has 0 spiro atoms. The van der Waals surface area contributed by atoms with E-state index >= 15 is 0 Å². The van der Waals surface area contributed by atoms with Gasteiger partial charge in [-0.3, -0.25) is 0 Å². The minimum atomic E-state index is 0.307. The van der Waals surface area contributed by atoms with Crippen LogP contribution >= 0.6 is 22.9 Å². The van der Waals surface area contributed by atoms with Gasteiger partial charge < -0.3 is 5.32 Å². The summed E-state index contributed by atoms with van der Waals surface area (Å²) >= 11 is 7.78. The Morgan fingerprint density at radius 1 is 1.15 bits per heavy atom. The van der Waals surface area contributed by atoms with Crippen LogP contribution < -0.4 is 5.32 Å². The number of fused-ring (bicyclic) bond motifs is 2. The topological polar surface area (TPSA) is 24.9 Å². The van der Waals surface area contributed by atoms with Gasteiger partial charge in [0.15, 0.2) is 0 Å². The average molecular weight is 301 g/mol. The summed E-state index contributed by atoms with van der Waals surface area (Å²) in [6, 6.07) is 14.8. The largest absolute Gasteiger partial charge is 0.304 e. The van der Waals surface area contributed by atoms with Crippen molar-refractivity contribution in [2.24, 2.45) is 0 Å². The van der Waals surface area contributed by atoms with Gasteiger partial charge in [0.05, 0.1) is 16.3 Å². The van der Waals surface area contributed by atoms with E-state index in [-0.39, 0.29) is 0 Å². The zero-order chi connectivity index (χ0) is 13.5. The number of aromatic nitrogens is 1. The van der Waals surface area contributed by atoms with E-state index in [4.69, 9.17) is 16.6 Å². The number of nitrogens with one attached hydrogen (secondary N) is 1. The highest BCUT2D eigenvalue weighted by Crippen LogP contribution is 2.32. The second kappa shape index (κ2) is 4.85. The quantitative estimate of drug-likeness (QED) is 0.723. The molecule has 0 bridgehead atoms. The molecule has 100 valence electrons. The van der Waals surface area contributed by atoms with Gasteiger partial charge in [-0.25, -0.2) is 4.98 Å². The van der Waals surface area contributed by atoms with Crippen molar-refractivity contribution in [3.8, 4) is 0 Å². The summed E-state index contributed by atoms with van der Waals surface area (Å²) in [7, 11) is 0. The number of benzene rings is 2. The third-order valence-electron chi connectivity index (χ3n) is 3.75. The Morgan fingerprint density at radius 2 is 2.00 bits per heavy atom. The van der Waals surface area contributed by atoms with Crippen LogP contribution in [0.25, 0.3) is 10.2 Å². The number of hydrogen-bond acceptors (Lipinski definition) is 3. The lowest BCUT2D eigenvalue weighted by Crippen LogP contribution is -2.28. The summed E-state index contributed by atoms with van der Waals surface area (Å²) in [4.78, 5) is 4.75. The van der Waals surface area contributed by atoms with Crippen LogP contribution in [0.5, 0.6) is 0 Å². The Hall–Kier alpha value is -1.42. The SMILES string of the molecule is Clc1ccc2nc(C3Cc4ccccc4CN3)sc2c1. The molecule has 0 saturated heterocycles. The zero-order valence-electron chi connectivity index (χ0n) is 10.8. The van der Waals surface area contributed by atoms with Gasteiger partial charge in [0, 0.05) is 11.6 Å². The Bertz CT molecular complexity index is 781. The number of rotatable bonds is 1. The Labute approximate surface area is 126 Å². The van der Waals surface area contributed by atoms with Crippen LogP contribution in [-0.2, 0) is 13.0 Å². The zero-order valence-corrected chi connectivity index (χ0v) is 12.3. The third kappa shape index (κ3) is 2.12. The second-order valence-electron chi connectivity index (χ2n) is 5.07. The molecule has 4 heteroatoms. The molecular formula is C16H13ClN2S. The van der Waals surface area contributed by atoms with E-state index in [9.17, 15) is 0 Å². The predicted molar refractivity (Wildman–Crippen MR) is 84.4 cm³/mol. The molecule has 0 fully saturated rings. The Morgan fingerprint density at radius 3 is 2.90 bits per heavy atom. The molecule has 2 nitrogen and oxygen atoms in total. The van der Waals surface area contributed by atoms with E-state index < -0.39 is 0 Å². The van der Waals surface area contributed by atoms with Crippen molar-refractivity contribution in [1.82, 2.24) is 10.3 Å². The highest BCUT2D eigenvalue weighted by atomic mass is 35.5. The molecule has 4 rings (SSSR count). The summed E-state index contributed by atoms with van der Waals surface area (Å²) in [5.74, 6) is 0. The van der Waals surface area contributed by atoms with E-state index in [0.717, 1.165) is 33.2 Å². The molecule has 0 aliphatic carbocycles. The molecule has 3 aromatic rings. The minimum absolute atomic E-state index is 0.307. The third-order valence-corrected chi connectivity index (χ3v) is 5.11. The van der Waals surface area contributed by atoms with Crippen molar-refractivity contribution in [1.29, 1.82) is 0 Å². The first-order chi connectivity index (χ1) is 9.79. The average Bonchev–Trinajstić information content (AvgIpc) is 2.89. The van der Waals surface area contributed by atoms with Crippen LogP contribution in [0.3, 0.4) is 0 Å². The van der Waals surface area contributed by atoms with Crippen LogP contribution in [0.15, 0.2) is 42.5 Å². The predicted octanol–water partition coefficient (Wildman–Crippen LogP) is 4.34. The highest BCUT2D eigenvalue weighted by molar-refractivity contribution is 7.18. The molecule has 1 aliphatic heterocycles. The summed E-state index contributed by atoms with van der Waals surface area (Å²) in [5, 5.41) is 5.50. The lowest BCUT2D eigenvalue weighted by atomic mass is 9.96. The van der Waals surface area contributed by atoms with Crippen LogP contribution in [-0.4, -0.2) is 4.98 Å². The van der Waals surface area contributed by atoms with Crippen LogP contribution in [0.1, 0.15) is 22.2 Å². The van der Waals surface area contributed by atoms with Crippen molar-refractivity contribution >= 4 is 33.2 Å². The molecule has 2 aromatic carbocycles. The molecule has 0 saturated carbocycles. The van der Waals surface area contributed by atoms with E-state index in [1.165, 1.54) is 11.1 Å². The fraction of sp³-hybridized carbons (Fsp3) is 0.188. The van der Waals surface area contributed by atoms with Crippen molar-refractivity contribution in [2.75, 3.05) is 0 Å². The molecule has 1 unspecified atom stereocenters. The smallest absolute Gasteiger partial charge is 0.111 e. The molecule has 1 aromatic heterocycles. The highest BCUT2D eigenvalue weighted by Gasteiger charge is 2.22. The van der Waals surface area contributed by atoms with Crippen LogP contribution in [0.4, 0.5) is 0 Å². The van der Waals surface area contributed by atoms with Gasteiger partial charge in [0.25, 0.3) is 0 Å². The number of nitrogens with zero attached hydrogens (tertiary/aromatic N) is 1. The maximum absolute atomic E-state index is 6.04. The van der Waals surface area contributed by atoms with E-state index in [2.05, 4.69) is 29.6 Å². The van der Waals surface area contributed by atoms with Crippen molar-refractivity contribution < 1.29 is 0 Å². The molecular weight excluding hydrogens is 288 g/mol. The molecule has 0 radical (unpaired) electrons. The fourth-order valence-electron chi connectivity index (χ4n) is 2.69. The maximum atomic E-state index is 6.04. The van der Waals surface area contributed by atoms with Crippen molar-refractivity contribution in [3.63, 3.8) is 0 Å². The minimum Gasteiger partial charge on any atom is -0.304 e. The van der Waals surface area contributed by atoms with Gasteiger partial charge in [0.2, 0.25) is 0 Å². The fourth-order valence-corrected chi connectivity index (χ4v) is 4.01. The standard InChI is InChI=1S/C16H13ClN2S/c17-12-5-6-13-15(8-12)20-16(19-13)14-7-10-3-1-2-4-11(10)9-18-14/h1-6,8,14,18H,7,9H2. The molecule has 2 heterocycles. The van der Waals surface area contributed by atoms with E-state index in [1.807, 2.05) is 18.2 Å². The van der Waals surface area contributed by atoms with Crippen molar-refractivity contribution in [3.05, 3.63) is 63.6 Å².